The largest absolute Gasteiger partial charge is 0.497 e. The van der Waals surface area contributed by atoms with E-state index in [2.05, 4.69) is 22.2 Å². The summed E-state index contributed by atoms with van der Waals surface area (Å²) in [6, 6.07) is 5.78. The van der Waals surface area contributed by atoms with Crippen molar-refractivity contribution in [2.45, 2.75) is 32.2 Å². The Bertz CT molecular complexity index is 597. The molecule has 0 saturated carbocycles. The standard InChI is InChI=1S/C15H22N4O2/c1-3-4-10(7-8-20)17-14-12-6-5-11(21-2)9-13(12)18-15(16)19-14/h5-6,9-10,20H,3-4,7-8H2,1-2H3,(H3,16,17,18,19)/t10-/m0/s1. The van der Waals surface area contributed by atoms with Gasteiger partial charge in [-0.3, -0.25) is 0 Å². The van der Waals surface area contributed by atoms with Crippen molar-refractivity contribution in [1.29, 1.82) is 0 Å². The van der Waals surface area contributed by atoms with Crippen LogP contribution in [-0.4, -0.2) is 34.8 Å². The molecule has 114 valence electrons. The molecule has 0 aliphatic carbocycles. The SMILES string of the molecule is CCC[C@@H](CCO)Nc1nc(N)nc2cc(OC)ccc12. The molecule has 2 aromatic rings. The molecule has 6 nitrogen and oxygen atoms in total. The van der Waals surface area contributed by atoms with Crippen molar-refractivity contribution in [3.8, 4) is 5.75 Å². The number of hydrogen-bond donors (Lipinski definition) is 3. The number of methoxy groups -OCH3 is 1. The first-order chi connectivity index (χ1) is 10.2. The van der Waals surface area contributed by atoms with Gasteiger partial charge in [-0.2, -0.15) is 4.98 Å². The highest BCUT2D eigenvalue weighted by molar-refractivity contribution is 5.91. The van der Waals surface area contributed by atoms with Crippen molar-refractivity contribution in [3.63, 3.8) is 0 Å². The molecule has 0 amide bonds. The second-order valence-electron chi connectivity index (χ2n) is 4.96. The number of anilines is 2. The minimum absolute atomic E-state index is 0.143. The van der Waals surface area contributed by atoms with E-state index >= 15 is 0 Å². The number of benzene rings is 1. The van der Waals surface area contributed by atoms with Crippen LogP contribution in [0.2, 0.25) is 0 Å². The fourth-order valence-electron chi connectivity index (χ4n) is 2.35. The van der Waals surface area contributed by atoms with Crippen molar-refractivity contribution in [1.82, 2.24) is 9.97 Å². The maximum atomic E-state index is 9.16. The maximum absolute atomic E-state index is 9.16. The van der Waals surface area contributed by atoms with Crippen LogP contribution in [0.5, 0.6) is 5.75 Å². The Morgan fingerprint density at radius 2 is 2.14 bits per heavy atom. The van der Waals surface area contributed by atoms with Crippen LogP contribution in [-0.2, 0) is 0 Å². The van der Waals surface area contributed by atoms with Crippen LogP contribution >= 0.6 is 0 Å². The molecule has 0 radical (unpaired) electrons. The minimum Gasteiger partial charge on any atom is -0.497 e. The smallest absolute Gasteiger partial charge is 0.222 e. The molecule has 0 bridgehead atoms. The summed E-state index contributed by atoms with van der Waals surface area (Å²) in [6.07, 6.45) is 2.67. The van der Waals surface area contributed by atoms with E-state index in [0.29, 0.717) is 12.2 Å². The third-order valence-corrected chi connectivity index (χ3v) is 3.38. The topological polar surface area (TPSA) is 93.3 Å². The van der Waals surface area contributed by atoms with Crippen LogP contribution in [0.15, 0.2) is 18.2 Å². The number of rotatable bonds is 7. The molecule has 1 heterocycles. The fourth-order valence-corrected chi connectivity index (χ4v) is 2.35. The van der Waals surface area contributed by atoms with Gasteiger partial charge in [-0.1, -0.05) is 13.3 Å². The lowest BCUT2D eigenvalue weighted by molar-refractivity contribution is 0.276. The number of nitrogens with zero attached hydrogens (tertiary/aromatic N) is 2. The highest BCUT2D eigenvalue weighted by atomic mass is 16.5. The number of nitrogens with two attached hydrogens (primary N) is 1. The summed E-state index contributed by atoms with van der Waals surface area (Å²) in [7, 11) is 1.61. The molecule has 6 heteroatoms. The molecule has 4 N–H and O–H groups in total. The van der Waals surface area contributed by atoms with Gasteiger partial charge in [0, 0.05) is 24.1 Å². The average Bonchev–Trinajstić information content (AvgIpc) is 2.46. The van der Waals surface area contributed by atoms with Crippen LogP contribution in [0.1, 0.15) is 26.2 Å². The number of ether oxygens (including phenoxy) is 1. The number of aromatic nitrogens is 2. The van der Waals surface area contributed by atoms with Crippen LogP contribution < -0.4 is 15.8 Å². The first-order valence-corrected chi connectivity index (χ1v) is 7.16. The van der Waals surface area contributed by atoms with Crippen LogP contribution in [0.3, 0.4) is 0 Å². The zero-order chi connectivity index (χ0) is 15.2. The summed E-state index contributed by atoms with van der Waals surface area (Å²) < 4.78 is 5.21. The third-order valence-electron chi connectivity index (χ3n) is 3.38. The summed E-state index contributed by atoms with van der Waals surface area (Å²) in [5.74, 6) is 1.65. The fraction of sp³-hybridized carbons (Fsp3) is 0.467. The van der Waals surface area contributed by atoms with Crippen molar-refractivity contribution in [2.75, 3.05) is 24.8 Å². The Hall–Kier alpha value is -2.08. The number of fused-ring (bicyclic) bond motifs is 1. The first-order valence-electron chi connectivity index (χ1n) is 7.16. The number of hydrogen-bond acceptors (Lipinski definition) is 6. The predicted octanol–water partition coefficient (Wildman–Crippen LogP) is 2.18. The third kappa shape index (κ3) is 3.72. The Morgan fingerprint density at radius 3 is 2.81 bits per heavy atom. The van der Waals surface area contributed by atoms with Crippen LogP contribution in [0.4, 0.5) is 11.8 Å². The summed E-state index contributed by atoms with van der Waals surface area (Å²) in [6.45, 7) is 2.26. The molecule has 1 atom stereocenters. The molecule has 0 saturated heterocycles. The molecular formula is C15H22N4O2. The lowest BCUT2D eigenvalue weighted by Crippen LogP contribution is -2.22. The van der Waals surface area contributed by atoms with Gasteiger partial charge in [0.05, 0.1) is 12.6 Å². The summed E-state index contributed by atoms with van der Waals surface area (Å²) in [5, 5.41) is 13.4. The average molecular weight is 290 g/mol. The van der Waals surface area contributed by atoms with E-state index in [1.807, 2.05) is 18.2 Å². The van der Waals surface area contributed by atoms with Gasteiger partial charge in [-0.25, -0.2) is 4.98 Å². The van der Waals surface area contributed by atoms with Gasteiger partial charge in [-0.05, 0) is 25.0 Å². The lowest BCUT2D eigenvalue weighted by Gasteiger charge is -2.19. The monoisotopic (exact) mass is 290 g/mol. The summed E-state index contributed by atoms with van der Waals surface area (Å²) >= 11 is 0. The van der Waals surface area contributed by atoms with Crippen molar-refractivity contribution >= 4 is 22.7 Å². The lowest BCUT2D eigenvalue weighted by atomic mass is 10.1. The van der Waals surface area contributed by atoms with Gasteiger partial charge in [0.1, 0.15) is 11.6 Å². The van der Waals surface area contributed by atoms with E-state index in [1.165, 1.54) is 0 Å². The Balaban J connectivity index is 2.37. The first kappa shape index (κ1) is 15.3. The Morgan fingerprint density at radius 1 is 1.33 bits per heavy atom. The van der Waals surface area contributed by atoms with Gasteiger partial charge in [0.25, 0.3) is 0 Å². The Kier molecular flexibility index (Phi) is 5.16. The van der Waals surface area contributed by atoms with Gasteiger partial charge in [-0.15, -0.1) is 0 Å². The van der Waals surface area contributed by atoms with Crippen LogP contribution in [0.25, 0.3) is 10.9 Å². The maximum Gasteiger partial charge on any atom is 0.222 e. The molecule has 0 aliphatic heterocycles. The molecule has 1 aromatic carbocycles. The zero-order valence-electron chi connectivity index (χ0n) is 12.5. The quantitative estimate of drug-likeness (QED) is 0.723. The molecule has 0 unspecified atom stereocenters. The molecule has 21 heavy (non-hydrogen) atoms. The van der Waals surface area contributed by atoms with E-state index in [0.717, 1.165) is 29.5 Å². The summed E-state index contributed by atoms with van der Waals surface area (Å²) in [4.78, 5) is 8.54. The van der Waals surface area contributed by atoms with Gasteiger partial charge < -0.3 is 20.9 Å². The van der Waals surface area contributed by atoms with Gasteiger partial charge >= 0.3 is 0 Å². The van der Waals surface area contributed by atoms with E-state index in [4.69, 9.17) is 15.6 Å². The molecular weight excluding hydrogens is 268 g/mol. The molecule has 0 aliphatic rings. The van der Waals surface area contributed by atoms with Gasteiger partial charge in [0.2, 0.25) is 5.95 Å². The van der Waals surface area contributed by atoms with Crippen molar-refractivity contribution < 1.29 is 9.84 Å². The van der Waals surface area contributed by atoms with Crippen molar-refractivity contribution in [3.05, 3.63) is 18.2 Å². The summed E-state index contributed by atoms with van der Waals surface area (Å²) in [5.41, 5.74) is 6.53. The molecule has 0 spiro atoms. The predicted molar refractivity (Wildman–Crippen MR) is 84.5 cm³/mol. The number of nitrogens with one attached hydrogen (secondary N) is 1. The normalized spacial score (nSPS) is 12.3. The minimum atomic E-state index is 0.143. The second-order valence-corrected chi connectivity index (χ2v) is 4.96. The van der Waals surface area contributed by atoms with E-state index in [9.17, 15) is 0 Å². The molecule has 2 rings (SSSR count). The highest BCUT2D eigenvalue weighted by Crippen LogP contribution is 2.26. The molecule has 0 fully saturated rings. The van der Waals surface area contributed by atoms with Crippen LogP contribution in [0, 0.1) is 0 Å². The zero-order valence-corrected chi connectivity index (χ0v) is 12.5. The van der Waals surface area contributed by atoms with E-state index in [1.54, 1.807) is 7.11 Å². The van der Waals surface area contributed by atoms with Gasteiger partial charge in [0.15, 0.2) is 0 Å². The Labute approximate surface area is 124 Å². The highest BCUT2D eigenvalue weighted by Gasteiger charge is 2.12. The van der Waals surface area contributed by atoms with E-state index in [-0.39, 0.29) is 18.6 Å². The molecule has 1 aromatic heterocycles. The second kappa shape index (κ2) is 7.08. The van der Waals surface area contributed by atoms with Crippen molar-refractivity contribution in [2.24, 2.45) is 0 Å². The number of aliphatic hydroxyl groups excluding tert-OH is 1. The van der Waals surface area contributed by atoms with E-state index < -0.39 is 0 Å². The number of nitrogen functional groups attached to an aromatic ring is 1. The number of aliphatic hydroxyl groups is 1.